The van der Waals surface area contributed by atoms with Crippen LogP contribution < -0.4 is 15.3 Å². The van der Waals surface area contributed by atoms with Crippen LogP contribution in [-0.2, 0) is 22.3 Å². The molecule has 0 spiro atoms. The Labute approximate surface area is 114 Å². The van der Waals surface area contributed by atoms with Crippen molar-refractivity contribution in [2.24, 2.45) is 0 Å². The van der Waals surface area contributed by atoms with Crippen LogP contribution in [0, 0.1) is 0 Å². The highest BCUT2D eigenvalue weighted by Gasteiger charge is 2.12. The number of H-pyrrole nitrogens is 1. The SMILES string of the molecule is Nc1cccc(CS(=O)(=O)NCc2csc(=O)[nH]2)c1. The van der Waals surface area contributed by atoms with E-state index in [9.17, 15) is 13.2 Å². The number of hydrogen-bond donors (Lipinski definition) is 3. The third-order valence-corrected chi connectivity index (χ3v) is 4.38. The van der Waals surface area contributed by atoms with Crippen LogP contribution in [0.4, 0.5) is 5.69 Å². The van der Waals surface area contributed by atoms with Gasteiger partial charge >= 0.3 is 4.87 Å². The molecule has 0 saturated heterocycles. The molecule has 0 aliphatic heterocycles. The first kappa shape index (κ1) is 13.8. The molecule has 0 aliphatic carbocycles. The van der Waals surface area contributed by atoms with Gasteiger partial charge in [-0.05, 0) is 17.7 Å². The topological polar surface area (TPSA) is 105 Å². The predicted octanol–water partition coefficient (Wildman–Crippen LogP) is 0.638. The minimum atomic E-state index is -3.46. The molecule has 0 radical (unpaired) electrons. The van der Waals surface area contributed by atoms with Gasteiger partial charge in [0.25, 0.3) is 0 Å². The molecule has 0 amide bonds. The fraction of sp³-hybridized carbons (Fsp3) is 0.182. The second kappa shape index (κ2) is 5.55. The molecule has 102 valence electrons. The van der Waals surface area contributed by atoms with Gasteiger partial charge in [0.05, 0.1) is 12.3 Å². The van der Waals surface area contributed by atoms with Gasteiger partial charge in [-0.1, -0.05) is 23.5 Å². The number of rotatable bonds is 5. The quantitative estimate of drug-likeness (QED) is 0.704. The van der Waals surface area contributed by atoms with Crippen LogP contribution >= 0.6 is 11.3 Å². The predicted molar refractivity (Wildman–Crippen MR) is 75.3 cm³/mol. The largest absolute Gasteiger partial charge is 0.399 e. The lowest BCUT2D eigenvalue weighted by molar-refractivity contribution is 0.579. The van der Waals surface area contributed by atoms with Crippen LogP contribution in [0.1, 0.15) is 11.3 Å². The molecule has 8 heteroatoms. The molecule has 0 unspecified atom stereocenters. The molecule has 0 bridgehead atoms. The van der Waals surface area contributed by atoms with Gasteiger partial charge in [-0.2, -0.15) is 0 Å². The number of benzene rings is 1. The monoisotopic (exact) mass is 299 g/mol. The number of nitrogen functional groups attached to an aromatic ring is 1. The Bertz CT molecular complexity index is 719. The maximum absolute atomic E-state index is 11.9. The van der Waals surface area contributed by atoms with E-state index in [1.807, 2.05) is 0 Å². The summed E-state index contributed by atoms with van der Waals surface area (Å²) in [5, 5.41) is 1.59. The summed E-state index contributed by atoms with van der Waals surface area (Å²) < 4.78 is 26.1. The molecule has 0 atom stereocenters. The smallest absolute Gasteiger partial charge is 0.304 e. The Balaban J connectivity index is 2.01. The summed E-state index contributed by atoms with van der Waals surface area (Å²) in [7, 11) is -3.46. The second-order valence-electron chi connectivity index (χ2n) is 4.00. The van der Waals surface area contributed by atoms with Crippen molar-refractivity contribution in [3.63, 3.8) is 0 Å². The number of nitrogens with one attached hydrogen (secondary N) is 2. The van der Waals surface area contributed by atoms with E-state index in [0.29, 0.717) is 16.9 Å². The van der Waals surface area contributed by atoms with Crippen molar-refractivity contribution < 1.29 is 8.42 Å². The normalized spacial score (nSPS) is 11.6. The van der Waals surface area contributed by atoms with Gasteiger partial charge in [0.1, 0.15) is 0 Å². The number of sulfonamides is 1. The van der Waals surface area contributed by atoms with E-state index < -0.39 is 10.0 Å². The average Bonchev–Trinajstić information content (AvgIpc) is 2.72. The fourth-order valence-corrected chi connectivity index (χ4v) is 3.22. The van der Waals surface area contributed by atoms with Gasteiger partial charge in [-0.3, -0.25) is 4.79 Å². The van der Waals surface area contributed by atoms with Crippen LogP contribution in [-0.4, -0.2) is 13.4 Å². The number of anilines is 1. The summed E-state index contributed by atoms with van der Waals surface area (Å²) in [6, 6.07) is 6.71. The molecule has 1 aromatic carbocycles. The van der Waals surface area contributed by atoms with Crippen LogP contribution in [0.25, 0.3) is 0 Å². The third-order valence-electron chi connectivity index (χ3n) is 2.36. The van der Waals surface area contributed by atoms with E-state index in [1.165, 1.54) is 0 Å². The summed E-state index contributed by atoms with van der Waals surface area (Å²) in [5.74, 6) is -0.146. The van der Waals surface area contributed by atoms with Gasteiger partial charge in [0, 0.05) is 16.8 Å². The van der Waals surface area contributed by atoms with E-state index in [-0.39, 0.29) is 17.2 Å². The van der Waals surface area contributed by atoms with Crippen LogP contribution in [0.3, 0.4) is 0 Å². The molecule has 1 heterocycles. The van der Waals surface area contributed by atoms with Crippen molar-refractivity contribution in [1.29, 1.82) is 0 Å². The zero-order valence-corrected chi connectivity index (χ0v) is 11.6. The lowest BCUT2D eigenvalue weighted by Gasteiger charge is -2.06. The fourth-order valence-electron chi connectivity index (χ4n) is 1.54. The summed E-state index contributed by atoms with van der Waals surface area (Å²) in [6.45, 7) is 0.0728. The van der Waals surface area contributed by atoms with Gasteiger partial charge in [0.15, 0.2) is 0 Å². The Morgan fingerprint density at radius 3 is 2.79 bits per heavy atom. The van der Waals surface area contributed by atoms with Crippen molar-refractivity contribution in [3.05, 3.63) is 50.6 Å². The average molecular weight is 299 g/mol. The highest BCUT2D eigenvalue weighted by Crippen LogP contribution is 2.10. The molecular formula is C11H13N3O3S2. The highest BCUT2D eigenvalue weighted by molar-refractivity contribution is 7.88. The first-order valence-corrected chi connectivity index (χ1v) is 7.96. The van der Waals surface area contributed by atoms with E-state index in [4.69, 9.17) is 5.73 Å². The van der Waals surface area contributed by atoms with Crippen molar-refractivity contribution in [2.75, 3.05) is 5.73 Å². The highest BCUT2D eigenvalue weighted by atomic mass is 32.2. The molecule has 6 nitrogen and oxygen atoms in total. The molecule has 2 aromatic rings. The maximum Gasteiger partial charge on any atom is 0.304 e. The first-order chi connectivity index (χ1) is 8.94. The number of thiazole rings is 1. The molecule has 1 aromatic heterocycles. The molecule has 0 fully saturated rings. The van der Waals surface area contributed by atoms with Crippen LogP contribution in [0.15, 0.2) is 34.4 Å². The zero-order valence-electron chi connectivity index (χ0n) is 9.92. The number of aromatic amines is 1. The standard InChI is InChI=1S/C11H13N3O3S2/c12-9-3-1-2-8(4-9)7-19(16,17)13-5-10-6-18-11(15)14-10/h1-4,6,13H,5,7,12H2,(H,14,15). The van der Waals surface area contributed by atoms with Gasteiger partial charge in [0.2, 0.25) is 10.0 Å². The summed E-state index contributed by atoms with van der Waals surface area (Å²) in [6.07, 6.45) is 0. The molecular weight excluding hydrogens is 286 g/mol. The van der Waals surface area contributed by atoms with Crippen molar-refractivity contribution in [3.8, 4) is 0 Å². The number of aromatic nitrogens is 1. The molecule has 19 heavy (non-hydrogen) atoms. The zero-order chi connectivity index (χ0) is 13.9. The summed E-state index contributed by atoms with van der Waals surface area (Å²) in [4.78, 5) is 13.2. The first-order valence-electron chi connectivity index (χ1n) is 5.43. The van der Waals surface area contributed by atoms with Crippen LogP contribution in [0.2, 0.25) is 0 Å². The summed E-state index contributed by atoms with van der Waals surface area (Å²) >= 11 is 0.998. The Morgan fingerprint density at radius 1 is 1.37 bits per heavy atom. The Kier molecular flexibility index (Phi) is 4.03. The number of nitrogens with two attached hydrogens (primary N) is 1. The molecule has 0 aliphatic rings. The van der Waals surface area contributed by atoms with E-state index in [2.05, 4.69) is 9.71 Å². The Hall–Kier alpha value is -1.64. The van der Waals surface area contributed by atoms with Gasteiger partial charge < -0.3 is 10.7 Å². The Morgan fingerprint density at radius 2 is 2.16 bits per heavy atom. The lowest BCUT2D eigenvalue weighted by atomic mass is 10.2. The van der Waals surface area contributed by atoms with Crippen molar-refractivity contribution in [2.45, 2.75) is 12.3 Å². The van der Waals surface area contributed by atoms with E-state index in [1.54, 1.807) is 29.6 Å². The lowest BCUT2D eigenvalue weighted by Crippen LogP contribution is -2.25. The van der Waals surface area contributed by atoms with Crippen molar-refractivity contribution >= 4 is 27.0 Å². The maximum atomic E-state index is 11.9. The van der Waals surface area contributed by atoms with Crippen molar-refractivity contribution in [1.82, 2.24) is 9.71 Å². The van der Waals surface area contributed by atoms with Gasteiger partial charge in [-0.25, -0.2) is 13.1 Å². The van der Waals surface area contributed by atoms with Gasteiger partial charge in [-0.15, -0.1) is 0 Å². The molecule has 0 saturated carbocycles. The minimum Gasteiger partial charge on any atom is -0.399 e. The minimum absolute atomic E-state index is 0.0728. The summed E-state index contributed by atoms with van der Waals surface area (Å²) in [5.41, 5.74) is 7.28. The second-order valence-corrected chi connectivity index (χ2v) is 6.65. The number of hydrogen-bond acceptors (Lipinski definition) is 5. The van der Waals surface area contributed by atoms with E-state index in [0.717, 1.165) is 11.3 Å². The molecule has 4 N–H and O–H groups in total. The van der Waals surface area contributed by atoms with E-state index >= 15 is 0 Å². The third kappa shape index (κ3) is 4.19. The molecule has 2 rings (SSSR count). The van der Waals surface area contributed by atoms with Crippen LogP contribution in [0.5, 0.6) is 0 Å².